The summed E-state index contributed by atoms with van der Waals surface area (Å²) < 4.78 is 0. The third kappa shape index (κ3) is 2.72. The third-order valence-electron chi connectivity index (χ3n) is 2.45. The lowest BCUT2D eigenvalue weighted by Gasteiger charge is -2.25. The van der Waals surface area contributed by atoms with E-state index in [0.717, 1.165) is 5.69 Å². The van der Waals surface area contributed by atoms with Crippen molar-refractivity contribution in [3.05, 3.63) is 29.8 Å². The molecule has 3 nitrogen and oxygen atoms in total. The van der Waals surface area contributed by atoms with Crippen molar-refractivity contribution in [3.63, 3.8) is 0 Å². The highest BCUT2D eigenvalue weighted by Crippen LogP contribution is 2.16. The molecule has 76 valence electrons. The number of nitrogens with zero attached hydrogens (tertiary/aromatic N) is 3. The fourth-order valence-electron chi connectivity index (χ4n) is 1.29. The van der Waals surface area contributed by atoms with Crippen LogP contribution in [0.1, 0.15) is 18.9 Å². The molecular weight excluding hydrogens is 186 g/mol. The van der Waals surface area contributed by atoms with Crippen LogP contribution in [0.3, 0.4) is 0 Å². The zero-order chi connectivity index (χ0) is 11.3. The van der Waals surface area contributed by atoms with Gasteiger partial charge in [-0.1, -0.05) is 0 Å². The van der Waals surface area contributed by atoms with E-state index >= 15 is 0 Å². The molecule has 0 aliphatic heterocycles. The van der Waals surface area contributed by atoms with E-state index in [1.165, 1.54) is 0 Å². The molecule has 0 amide bonds. The van der Waals surface area contributed by atoms with E-state index in [4.69, 9.17) is 10.5 Å². The summed E-state index contributed by atoms with van der Waals surface area (Å²) in [6.45, 7) is 2.00. The van der Waals surface area contributed by atoms with Crippen LogP contribution in [-0.2, 0) is 0 Å². The van der Waals surface area contributed by atoms with Crippen molar-refractivity contribution in [3.8, 4) is 12.1 Å². The Morgan fingerprint density at radius 3 is 2.33 bits per heavy atom. The molecule has 0 radical (unpaired) electrons. The predicted octanol–water partition coefficient (Wildman–Crippen LogP) is 2.30. The molecule has 0 aliphatic rings. The second kappa shape index (κ2) is 5.02. The van der Waals surface area contributed by atoms with Crippen LogP contribution >= 0.6 is 0 Å². The molecule has 0 aromatic heterocycles. The Balaban J connectivity index is 2.79. The topological polar surface area (TPSA) is 50.8 Å². The van der Waals surface area contributed by atoms with Gasteiger partial charge >= 0.3 is 0 Å². The van der Waals surface area contributed by atoms with Gasteiger partial charge in [0.25, 0.3) is 0 Å². The molecule has 1 aromatic rings. The summed E-state index contributed by atoms with van der Waals surface area (Å²) in [5.74, 6) is 0. The number of hydrogen-bond donors (Lipinski definition) is 0. The highest BCUT2D eigenvalue weighted by Gasteiger charge is 2.08. The molecule has 0 saturated heterocycles. The Kier molecular flexibility index (Phi) is 3.71. The molecule has 3 heteroatoms. The number of hydrogen-bond acceptors (Lipinski definition) is 3. The molecular formula is C12H13N3. The highest BCUT2D eigenvalue weighted by atomic mass is 15.1. The van der Waals surface area contributed by atoms with Crippen LogP contribution in [0.2, 0.25) is 0 Å². The van der Waals surface area contributed by atoms with E-state index in [-0.39, 0.29) is 6.04 Å². The van der Waals surface area contributed by atoms with Crippen molar-refractivity contribution >= 4 is 5.69 Å². The second-order valence-corrected chi connectivity index (χ2v) is 3.48. The molecule has 0 heterocycles. The lowest BCUT2D eigenvalue weighted by molar-refractivity contribution is 0.702. The molecule has 0 N–H and O–H groups in total. The van der Waals surface area contributed by atoms with Crippen LogP contribution in [0.5, 0.6) is 0 Å². The smallest absolute Gasteiger partial charge is 0.0991 e. The van der Waals surface area contributed by atoms with Crippen LogP contribution in [0.25, 0.3) is 0 Å². The monoisotopic (exact) mass is 199 g/mol. The Hall–Kier alpha value is -2.00. The molecule has 0 saturated carbocycles. The predicted molar refractivity (Wildman–Crippen MR) is 59.3 cm³/mol. The first-order valence-electron chi connectivity index (χ1n) is 4.79. The zero-order valence-corrected chi connectivity index (χ0v) is 8.94. The summed E-state index contributed by atoms with van der Waals surface area (Å²) in [5.41, 5.74) is 1.68. The average molecular weight is 199 g/mol. The maximum Gasteiger partial charge on any atom is 0.0991 e. The summed E-state index contributed by atoms with van der Waals surface area (Å²) in [4.78, 5) is 2.03. The largest absolute Gasteiger partial charge is 0.371 e. The van der Waals surface area contributed by atoms with Gasteiger partial charge in [0.1, 0.15) is 0 Å². The molecule has 0 spiro atoms. The second-order valence-electron chi connectivity index (χ2n) is 3.48. The van der Waals surface area contributed by atoms with E-state index in [0.29, 0.717) is 12.0 Å². The van der Waals surface area contributed by atoms with Crippen molar-refractivity contribution in [2.24, 2.45) is 0 Å². The van der Waals surface area contributed by atoms with E-state index < -0.39 is 0 Å². The van der Waals surface area contributed by atoms with Gasteiger partial charge in [-0.25, -0.2) is 0 Å². The molecule has 0 fully saturated rings. The van der Waals surface area contributed by atoms with Crippen molar-refractivity contribution in [2.75, 3.05) is 11.9 Å². The normalized spacial score (nSPS) is 11.2. The summed E-state index contributed by atoms with van der Waals surface area (Å²) >= 11 is 0. The highest BCUT2D eigenvalue weighted by molar-refractivity contribution is 5.49. The first kappa shape index (κ1) is 11.1. The van der Waals surface area contributed by atoms with Crippen LogP contribution < -0.4 is 4.90 Å². The molecule has 15 heavy (non-hydrogen) atoms. The van der Waals surface area contributed by atoms with Crippen LogP contribution in [0.4, 0.5) is 5.69 Å². The van der Waals surface area contributed by atoms with Gasteiger partial charge in [-0.15, -0.1) is 0 Å². The summed E-state index contributed by atoms with van der Waals surface area (Å²) in [6.07, 6.45) is 0.497. The molecule has 0 bridgehead atoms. The third-order valence-corrected chi connectivity index (χ3v) is 2.45. The molecule has 0 aliphatic carbocycles. The van der Waals surface area contributed by atoms with Crippen LogP contribution in [-0.4, -0.2) is 13.1 Å². The van der Waals surface area contributed by atoms with Gasteiger partial charge in [-0.2, -0.15) is 10.5 Å². The Labute approximate surface area is 90.2 Å². The van der Waals surface area contributed by atoms with Gasteiger partial charge in [0.05, 0.1) is 24.1 Å². The quantitative estimate of drug-likeness (QED) is 0.750. The lowest BCUT2D eigenvalue weighted by Crippen LogP contribution is -2.28. The van der Waals surface area contributed by atoms with Gasteiger partial charge in [-0.3, -0.25) is 0 Å². The summed E-state index contributed by atoms with van der Waals surface area (Å²) in [7, 11) is 1.95. The van der Waals surface area contributed by atoms with Gasteiger partial charge in [0, 0.05) is 18.8 Å². The van der Waals surface area contributed by atoms with Gasteiger partial charge in [0.2, 0.25) is 0 Å². The fourth-order valence-corrected chi connectivity index (χ4v) is 1.29. The first-order valence-corrected chi connectivity index (χ1v) is 4.79. The van der Waals surface area contributed by atoms with Crippen LogP contribution in [0, 0.1) is 22.7 Å². The zero-order valence-electron chi connectivity index (χ0n) is 8.94. The standard InChI is InChI=1S/C12H13N3/c1-10(7-8-13)15(2)12-5-3-11(9-14)4-6-12/h3-6,10H,7H2,1-2H3. The molecule has 1 aromatic carbocycles. The van der Waals surface area contributed by atoms with Crippen molar-refractivity contribution in [1.29, 1.82) is 10.5 Å². The Bertz CT molecular complexity index is 394. The van der Waals surface area contributed by atoms with E-state index in [1.807, 2.05) is 31.0 Å². The van der Waals surface area contributed by atoms with E-state index in [2.05, 4.69) is 12.1 Å². The summed E-state index contributed by atoms with van der Waals surface area (Å²) in [5, 5.41) is 17.2. The summed E-state index contributed by atoms with van der Waals surface area (Å²) in [6, 6.07) is 11.8. The fraction of sp³-hybridized carbons (Fsp3) is 0.333. The van der Waals surface area contributed by atoms with E-state index in [1.54, 1.807) is 12.1 Å². The maximum absolute atomic E-state index is 8.65. The minimum atomic E-state index is 0.183. The number of anilines is 1. The van der Waals surface area contributed by atoms with Gasteiger partial charge < -0.3 is 4.90 Å². The lowest BCUT2D eigenvalue weighted by atomic mass is 10.1. The minimum Gasteiger partial charge on any atom is -0.371 e. The Morgan fingerprint density at radius 2 is 1.87 bits per heavy atom. The number of rotatable bonds is 3. The molecule has 1 rings (SSSR count). The SMILES string of the molecule is CC(CC#N)N(C)c1ccc(C#N)cc1. The first-order chi connectivity index (χ1) is 7.19. The van der Waals surface area contributed by atoms with E-state index in [9.17, 15) is 0 Å². The van der Waals surface area contributed by atoms with Crippen LogP contribution in [0.15, 0.2) is 24.3 Å². The molecule has 1 atom stereocenters. The average Bonchev–Trinajstić information content (AvgIpc) is 2.28. The maximum atomic E-state index is 8.65. The number of benzene rings is 1. The molecule has 1 unspecified atom stereocenters. The van der Waals surface area contributed by atoms with Gasteiger partial charge in [-0.05, 0) is 31.2 Å². The number of nitriles is 2. The van der Waals surface area contributed by atoms with Crippen molar-refractivity contribution in [1.82, 2.24) is 0 Å². The van der Waals surface area contributed by atoms with Gasteiger partial charge in [0.15, 0.2) is 0 Å². The van der Waals surface area contributed by atoms with Crippen molar-refractivity contribution in [2.45, 2.75) is 19.4 Å². The minimum absolute atomic E-state index is 0.183. The van der Waals surface area contributed by atoms with Crippen molar-refractivity contribution < 1.29 is 0 Å². The Morgan fingerprint density at radius 1 is 1.27 bits per heavy atom.